The van der Waals surface area contributed by atoms with Crippen molar-refractivity contribution in [1.29, 1.82) is 0 Å². The van der Waals surface area contributed by atoms with E-state index in [1.54, 1.807) is 0 Å². The van der Waals surface area contributed by atoms with Crippen LogP contribution in [0.2, 0.25) is 0 Å². The van der Waals surface area contributed by atoms with Gasteiger partial charge in [0.05, 0.1) is 11.5 Å². The van der Waals surface area contributed by atoms with Gasteiger partial charge in [-0.25, -0.2) is 0 Å². The molecule has 2 amide bonds. The molecule has 0 radical (unpaired) electrons. The number of carbonyl (C=O) groups excluding carboxylic acids is 2. The molecule has 0 heterocycles. The summed E-state index contributed by atoms with van der Waals surface area (Å²) in [4.78, 5) is 23.7. The molecule has 0 saturated heterocycles. The SMILES string of the molecule is Cc1cccc(NC(=O)CSCC(=O)Nc2cccc(C)c2)c1. The van der Waals surface area contributed by atoms with E-state index in [0.717, 1.165) is 22.5 Å². The van der Waals surface area contributed by atoms with Crippen LogP contribution in [-0.2, 0) is 9.59 Å². The van der Waals surface area contributed by atoms with Crippen LogP contribution in [-0.4, -0.2) is 23.3 Å². The normalized spacial score (nSPS) is 10.2. The molecule has 0 atom stereocenters. The molecule has 0 aliphatic heterocycles. The molecule has 0 bridgehead atoms. The largest absolute Gasteiger partial charge is 0.325 e. The van der Waals surface area contributed by atoms with Crippen LogP contribution in [0.25, 0.3) is 0 Å². The van der Waals surface area contributed by atoms with Gasteiger partial charge in [-0.1, -0.05) is 24.3 Å². The van der Waals surface area contributed by atoms with E-state index < -0.39 is 0 Å². The highest BCUT2D eigenvalue weighted by molar-refractivity contribution is 8.00. The molecular weight excluding hydrogens is 308 g/mol. The molecular formula is C18H20N2O2S. The van der Waals surface area contributed by atoms with Gasteiger partial charge in [-0.2, -0.15) is 0 Å². The van der Waals surface area contributed by atoms with Crippen LogP contribution in [0.4, 0.5) is 11.4 Å². The number of hydrogen-bond donors (Lipinski definition) is 2. The van der Waals surface area contributed by atoms with Gasteiger partial charge >= 0.3 is 0 Å². The molecule has 0 aromatic heterocycles. The Morgan fingerprint density at radius 2 is 1.26 bits per heavy atom. The van der Waals surface area contributed by atoms with E-state index in [0.29, 0.717) is 0 Å². The second-order valence-corrected chi connectivity index (χ2v) is 6.31. The summed E-state index contributed by atoms with van der Waals surface area (Å²) in [6.07, 6.45) is 0. The maximum Gasteiger partial charge on any atom is 0.234 e. The Morgan fingerprint density at radius 3 is 1.65 bits per heavy atom. The standard InChI is InChI=1S/C18H20N2O2S/c1-13-5-3-7-15(9-13)19-17(21)11-23-12-18(22)20-16-8-4-6-14(2)10-16/h3-10H,11-12H2,1-2H3,(H,19,21)(H,20,22). The van der Waals surface area contributed by atoms with Crippen molar-refractivity contribution in [2.75, 3.05) is 22.1 Å². The molecule has 2 N–H and O–H groups in total. The molecule has 4 nitrogen and oxygen atoms in total. The molecule has 0 saturated carbocycles. The first-order chi connectivity index (χ1) is 11.0. The van der Waals surface area contributed by atoms with Crippen molar-refractivity contribution < 1.29 is 9.59 Å². The van der Waals surface area contributed by atoms with Gasteiger partial charge in [0.1, 0.15) is 0 Å². The average molecular weight is 328 g/mol. The summed E-state index contributed by atoms with van der Waals surface area (Å²) >= 11 is 1.29. The van der Waals surface area contributed by atoms with Crippen LogP contribution in [0, 0.1) is 13.8 Å². The monoisotopic (exact) mass is 328 g/mol. The zero-order valence-corrected chi connectivity index (χ0v) is 14.1. The van der Waals surface area contributed by atoms with Crippen molar-refractivity contribution in [3.8, 4) is 0 Å². The van der Waals surface area contributed by atoms with Gasteiger partial charge in [0.25, 0.3) is 0 Å². The van der Waals surface area contributed by atoms with Gasteiger partial charge in [-0.05, 0) is 49.2 Å². The number of benzene rings is 2. The zero-order chi connectivity index (χ0) is 16.7. The summed E-state index contributed by atoms with van der Waals surface area (Å²) in [6, 6.07) is 15.3. The molecule has 0 unspecified atom stereocenters. The van der Waals surface area contributed by atoms with Crippen molar-refractivity contribution in [1.82, 2.24) is 0 Å². The van der Waals surface area contributed by atoms with Crippen molar-refractivity contribution in [2.45, 2.75) is 13.8 Å². The lowest BCUT2D eigenvalue weighted by Crippen LogP contribution is -2.18. The van der Waals surface area contributed by atoms with Crippen molar-refractivity contribution in [3.05, 3.63) is 59.7 Å². The quantitative estimate of drug-likeness (QED) is 0.851. The lowest BCUT2D eigenvalue weighted by Gasteiger charge is -2.07. The predicted octanol–water partition coefficient (Wildman–Crippen LogP) is 3.61. The molecule has 0 fully saturated rings. The summed E-state index contributed by atoms with van der Waals surface area (Å²) in [7, 11) is 0. The minimum absolute atomic E-state index is 0.107. The first kappa shape index (κ1) is 17.1. The van der Waals surface area contributed by atoms with Gasteiger partial charge in [-0.3, -0.25) is 9.59 Å². The van der Waals surface area contributed by atoms with Gasteiger partial charge in [0.2, 0.25) is 11.8 Å². The molecule has 0 aliphatic rings. The van der Waals surface area contributed by atoms with E-state index in [9.17, 15) is 9.59 Å². The van der Waals surface area contributed by atoms with E-state index in [2.05, 4.69) is 10.6 Å². The minimum Gasteiger partial charge on any atom is -0.325 e. The fraction of sp³-hybridized carbons (Fsp3) is 0.222. The number of anilines is 2. The Morgan fingerprint density at radius 1 is 0.826 bits per heavy atom. The first-order valence-electron chi connectivity index (χ1n) is 7.34. The van der Waals surface area contributed by atoms with E-state index in [4.69, 9.17) is 0 Å². The lowest BCUT2D eigenvalue weighted by molar-refractivity contribution is -0.114. The Bertz CT molecular complexity index is 641. The van der Waals surface area contributed by atoms with Gasteiger partial charge < -0.3 is 10.6 Å². The summed E-state index contributed by atoms with van der Waals surface area (Å²) in [6.45, 7) is 3.94. The maximum absolute atomic E-state index is 11.8. The third-order valence-corrected chi connectivity index (χ3v) is 4.00. The molecule has 120 valence electrons. The zero-order valence-electron chi connectivity index (χ0n) is 13.3. The molecule has 0 aliphatic carbocycles. The number of nitrogens with one attached hydrogen (secondary N) is 2. The molecule has 0 spiro atoms. The predicted molar refractivity (Wildman–Crippen MR) is 96.9 cm³/mol. The fourth-order valence-corrected chi connectivity index (χ4v) is 2.69. The number of hydrogen-bond acceptors (Lipinski definition) is 3. The molecule has 5 heteroatoms. The second-order valence-electron chi connectivity index (χ2n) is 5.33. The number of aryl methyl sites for hydroxylation is 2. The molecule has 2 rings (SSSR count). The van der Waals surface area contributed by atoms with Crippen LogP contribution in [0.15, 0.2) is 48.5 Å². The molecule has 2 aromatic rings. The number of carbonyl (C=O) groups is 2. The Balaban J connectivity index is 1.71. The van der Waals surface area contributed by atoms with Crippen LogP contribution >= 0.6 is 11.8 Å². The third-order valence-electron chi connectivity index (χ3n) is 3.07. The highest BCUT2D eigenvalue weighted by atomic mass is 32.2. The van der Waals surface area contributed by atoms with Crippen molar-refractivity contribution in [3.63, 3.8) is 0 Å². The van der Waals surface area contributed by atoms with Crippen LogP contribution < -0.4 is 10.6 Å². The Hall–Kier alpha value is -2.27. The van der Waals surface area contributed by atoms with Crippen molar-refractivity contribution >= 4 is 35.0 Å². The smallest absolute Gasteiger partial charge is 0.234 e. The molecule has 2 aromatic carbocycles. The second kappa shape index (κ2) is 8.39. The minimum atomic E-state index is -0.107. The average Bonchev–Trinajstić information content (AvgIpc) is 2.47. The fourth-order valence-electron chi connectivity index (χ4n) is 2.08. The molecule has 23 heavy (non-hydrogen) atoms. The highest BCUT2D eigenvalue weighted by Gasteiger charge is 2.07. The summed E-state index contributed by atoms with van der Waals surface area (Å²) in [5.74, 6) is 0.276. The first-order valence-corrected chi connectivity index (χ1v) is 8.49. The Kier molecular flexibility index (Phi) is 6.23. The van der Waals surface area contributed by atoms with Gasteiger partial charge in [0.15, 0.2) is 0 Å². The Labute approximate surface area is 140 Å². The number of rotatable bonds is 6. The third kappa shape index (κ3) is 6.16. The highest BCUT2D eigenvalue weighted by Crippen LogP contribution is 2.12. The lowest BCUT2D eigenvalue weighted by atomic mass is 10.2. The summed E-state index contributed by atoms with van der Waals surface area (Å²) in [5, 5.41) is 5.64. The van der Waals surface area contributed by atoms with Crippen LogP contribution in [0.1, 0.15) is 11.1 Å². The van der Waals surface area contributed by atoms with Gasteiger partial charge in [0, 0.05) is 11.4 Å². The summed E-state index contributed by atoms with van der Waals surface area (Å²) in [5.41, 5.74) is 3.74. The van der Waals surface area contributed by atoms with Crippen molar-refractivity contribution in [2.24, 2.45) is 0 Å². The van der Waals surface area contributed by atoms with Gasteiger partial charge in [-0.15, -0.1) is 11.8 Å². The van der Waals surface area contributed by atoms with E-state index >= 15 is 0 Å². The van der Waals surface area contributed by atoms with Crippen LogP contribution in [0.3, 0.4) is 0 Å². The van der Waals surface area contributed by atoms with E-state index in [1.165, 1.54) is 11.8 Å². The summed E-state index contributed by atoms with van der Waals surface area (Å²) < 4.78 is 0. The number of thioether (sulfide) groups is 1. The number of amides is 2. The van der Waals surface area contributed by atoms with Crippen LogP contribution in [0.5, 0.6) is 0 Å². The van der Waals surface area contributed by atoms with E-state index in [-0.39, 0.29) is 23.3 Å². The van der Waals surface area contributed by atoms with E-state index in [1.807, 2.05) is 62.4 Å². The topological polar surface area (TPSA) is 58.2 Å². The maximum atomic E-state index is 11.8.